The van der Waals surface area contributed by atoms with Crippen molar-refractivity contribution in [1.82, 2.24) is 4.90 Å². The molecule has 0 bridgehead atoms. The van der Waals surface area contributed by atoms with Crippen molar-refractivity contribution in [2.24, 2.45) is 0 Å². The number of carbonyl (C=O) groups is 2. The normalized spacial score (nSPS) is 26.3. The molecule has 0 spiro atoms. The molecule has 1 saturated heterocycles. The molecule has 1 N–H and O–H groups in total. The number of nitrogens with zero attached hydrogens (tertiary/aromatic N) is 1. The van der Waals surface area contributed by atoms with Crippen molar-refractivity contribution in [2.75, 3.05) is 13.1 Å². The maximum atomic E-state index is 13.4. The molecule has 2 atom stereocenters. The molecular formula is C18H22ClNO4. The molecule has 3 rings (SSSR count). The molecular weight excluding hydrogens is 330 g/mol. The van der Waals surface area contributed by atoms with E-state index in [0.29, 0.717) is 11.6 Å². The predicted molar refractivity (Wildman–Crippen MR) is 90.1 cm³/mol. The van der Waals surface area contributed by atoms with E-state index in [1.54, 1.807) is 17.9 Å². The van der Waals surface area contributed by atoms with Crippen molar-refractivity contribution in [3.8, 4) is 0 Å². The van der Waals surface area contributed by atoms with Crippen LogP contribution in [0.25, 0.3) is 0 Å². The fraction of sp³-hybridized carbons (Fsp3) is 0.556. The van der Waals surface area contributed by atoms with Crippen LogP contribution in [0.2, 0.25) is 5.02 Å². The molecule has 1 aromatic carbocycles. The molecule has 2 fully saturated rings. The molecule has 2 aliphatic rings. The Morgan fingerprint density at radius 1 is 1.29 bits per heavy atom. The summed E-state index contributed by atoms with van der Waals surface area (Å²) in [7, 11) is 0. The van der Waals surface area contributed by atoms with Gasteiger partial charge in [0.05, 0.1) is 18.1 Å². The van der Waals surface area contributed by atoms with Crippen molar-refractivity contribution >= 4 is 23.5 Å². The lowest BCUT2D eigenvalue weighted by Gasteiger charge is -2.40. The molecule has 1 aliphatic carbocycles. The average molecular weight is 352 g/mol. The summed E-state index contributed by atoms with van der Waals surface area (Å²) < 4.78 is 5.43. The van der Waals surface area contributed by atoms with Crippen LogP contribution in [0.15, 0.2) is 24.3 Å². The number of amides is 1. The van der Waals surface area contributed by atoms with E-state index < -0.39 is 17.5 Å². The number of aliphatic carboxylic acids is 1. The second-order valence-electron chi connectivity index (χ2n) is 6.78. The molecule has 0 aromatic heterocycles. The zero-order chi connectivity index (χ0) is 17.3. The summed E-state index contributed by atoms with van der Waals surface area (Å²) in [6.07, 6.45) is 2.27. The standard InChI is InChI=1S/C18H22ClNO4/c1-12-10-20(11-15(24-12)16(21)22)17(23)18(7-2-3-8-18)13-5-4-6-14(19)9-13/h4-6,9,12,15H,2-3,7-8,10-11H2,1H3,(H,21,22)/t12-,15?/m1/s1. The Morgan fingerprint density at radius 2 is 2.00 bits per heavy atom. The van der Waals surface area contributed by atoms with E-state index >= 15 is 0 Å². The van der Waals surface area contributed by atoms with Gasteiger partial charge in [-0.1, -0.05) is 36.6 Å². The summed E-state index contributed by atoms with van der Waals surface area (Å²) in [5.41, 5.74) is 0.342. The minimum Gasteiger partial charge on any atom is -0.479 e. The van der Waals surface area contributed by atoms with Crippen molar-refractivity contribution in [1.29, 1.82) is 0 Å². The predicted octanol–water partition coefficient (Wildman–Crippen LogP) is 2.85. The van der Waals surface area contributed by atoms with Crippen LogP contribution in [-0.4, -0.2) is 47.2 Å². The van der Waals surface area contributed by atoms with Crippen LogP contribution in [0.3, 0.4) is 0 Å². The van der Waals surface area contributed by atoms with Crippen LogP contribution < -0.4 is 0 Å². The zero-order valence-electron chi connectivity index (χ0n) is 13.7. The summed E-state index contributed by atoms with van der Waals surface area (Å²) in [5, 5.41) is 9.87. The van der Waals surface area contributed by atoms with Crippen molar-refractivity contribution in [3.63, 3.8) is 0 Å². The van der Waals surface area contributed by atoms with Gasteiger partial charge >= 0.3 is 5.97 Å². The summed E-state index contributed by atoms with van der Waals surface area (Å²) in [5.74, 6) is -1.02. The number of morpholine rings is 1. The van der Waals surface area contributed by atoms with Gasteiger partial charge in [0, 0.05) is 11.6 Å². The van der Waals surface area contributed by atoms with E-state index in [0.717, 1.165) is 31.2 Å². The number of benzene rings is 1. The lowest BCUT2D eigenvalue weighted by molar-refractivity contribution is -0.168. The third kappa shape index (κ3) is 3.15. The number of hydrogen-bond donors (Lipinski definition) is 1. The first-order valence-electron chi connectivity index (χ1n) is 8.36. The van der Waals surface area contributed by atoms with Crippen molar-refractivity contribution in [3.05, 3.63) is 34.9 Å². The van der Waals surface area contributed by atoms with Crippen molar-refractivity contribution < 1.29 is 19.4 Å². The lowest BCUT2D eigenvalue weighted by Crippen LogP contribution is -2.56. The number of carbonyl (C=O) groups excluding carboxylic acids is 1. The van der Waals surface area contributed by atoms with Gasteiger partial charge in [-0.2, -0.15) is 0 Å². The molecule has 1 aliphatic heterocycles. The molecule has 1 amide bonds. The number of carboxylic acids is 1. The Morgan fingerprint density at radius 3 is 2.62 bits per heavy atom. The smallest absolute Gasteiger partial charge is 0.334 e. The number of carboxylic acid groups (broad SMARTS) is 1. The van der Waals surface area contributed by atoms with E-state index in [4.69, 9.17) is 16.3 Å². The Bertz CT molecular complexity index is 642. The Labute approximate surface area is 146 Å². The number of ether oxygens (including phenoxy) is 1. The van der Waals surface area contributed by atoms with Gasteiger partial charge in [0.1, 0.15) is 0 Å². The molecule has 1 saturated carbocycles. The van der Waals surface area contributed by atoms with Crippen LogP contribution >= 0.6 is 11.6 Å². The first kappa shape index (κ1) is 17.2. The topological polar surface area (TPSA) is 66.8 Å². The molecule has 5 nitrogen and oxygen atoms in total. The van der Waals surface area contributed by atoms with Gasteiger partial charge in [-0.3, -0.25) is 4.79 Å². The molecule has 6 heteroatoms. The zero-order valence-corrected chi connectivity index (χ0v) is 14.5. The van der Waals surface area contributed by atoms with Crippen LogP contribution in [0.1, 0.15) is 38.2 Å². The maximum absolute atomic E-state index is 13.4. The second kappa shape index (κ2) is 6.73. The first-order chi connectivity index (χ1) is 11.4. The molecule has 130 valence electrons. The van der Waals surface area contributed by atoms with Gasteiger partial charge in [0.25, 0.3) is 0 Å². The van der Waals surface area contributed by atoms with Gasteiger partial charge in [-0.15, -0.1) is 0 Å². The SMILES string of the molecule is C[C@@H]1CN(C(=O)C2(c3cccc(Cl)c3)CCCC2)CC(C(=O)O)O1. The first-order valence-corrected chi connectivity index (χ1v) is 8.74. The highest BCUT2D eigenvalue weighted by molar-refractivity contribution is 6.30. The number of rotatable bonds is 3. The van der Waals surface area contributed by atoms with Gasteiger partial charge in [0.2, 0.25) is 5.91 Å². The highest BCUT2D eigenvalue weighted by Gasteiger charge is 2.47. The van der Waals surface area contributed by atoms with Crippen LogP contribution in [0.5, 0.6) is 0 Å². The summed E-state index contributed by atoms with van der Waals surface area (Å²) in [4.78, 5) is 26.4. The van der Waals surface area contributed by atoms with Crippen LogP contribution in [0, 0.1) is 0 Å². The van der Waals surface area contributed by atoms with Crippen LogP contribution in [-0.2, 0) is 19.7 Å². The van der Waals surface area contributed by atoms with Gasteiger partial charge in [-0.25, -0.2) is 4.79 Å². The molecule has 1 heterocycles. The van der Waals surface area contributed by atoms with E-state index in [9.17, 15) is 14.7 Å². The highest BCUT2D eigenvalue weighted by atomic mass is 35.5. The van der Waals surface area contributed by atoms with Crippen LogP contribution in [0.4, 0.5) is 0 Å². The number of halogens is 1. The van der Waals surface area contributed by atoms with E-state index in [1.807, 2.05) is 18.2 Å². The molecule has 1 aromatic rings. The van der Waals surface area contributed by atoms with Gasteiger partial charge in [-0.05, 0) is 37.5 Å². The number of hydrogen-bond acceptors (Lipinski definition) is 3. The largest absolute Gasteiger partial charge is 0.479 e. The van der Waals surface area contributed by atoms with E-state index in [-0.39, 0.29) is 18.6 Å². The highest BCUT2D eigenvalue weighted by Crippen LogP contribution is 2.43. The average Bonchev–Trinajstić information content (AvgIpc) is 3.04. The van der Waals surface area contributed by atoms with Crippen molar-refractivity contribution in [2.45, 2.75) is 50.2 Å². The summed E-state index contributed by atoms with van der Waals surface area (Å²) >= 11 is 6.14. The fourth-order valence-electron chi connectivity index (χ4n) is 3.95. The third-order valence-corrected chi connectivity index (χ3v) is 5.30. The second-order valence-corrected chi connectivity index (χ2v) is 7.22. The molecule has 24 heavy (non-hydrogen) atoms. The van der Waals surface area contributed by atoms with E-state index in [2.05, 4.69) is 0 Å². The molecule has 0 radical (unpaired) electrons. The summed E-state index contributed by atoms with van der Waals surface area (Å²) in [6, 6.07) is 7.49. The third-order valence-electron chi connectivity index (χ3n) is 5.07. The minimum atomic E-state index is -1.03. The maximum Gasteiger partial charge on any atom is 0.334 e. The monoisotopic (exact) mass is 351 g/mol. The van der Waals surface area contributed by atoms with Gasteiger partial charge < -0.3 is 14.7 Å². The lowest BCUT2D eigenvalue weighted by atomic mass is 9.77. The fourth-order valence-corrected chi connectivity index (χ4v) is 4.14. The minimum absolute atomic E-state index is 0.00340. The van der Waals surface area contributed by atoms with Gasteiger partial charge in [0.15, 0.2) is 6.10 Å². The Balaban J connectivity index is 1.91. The quantitative estimate of drug-likeness (QED) is 0.909. The summed E-state index contributed by atoms with van der Waals surface area (Å²) in [6.45, 7) is 2.32. The van der Waals surface area contributed by atoms with E-state index in [1.165, 1.54) is 0 Å². The Hall–Kier alpha value is -1.59. The molecule has 1 unspecified atom stereocenters. The Kier molecular flexibility index (Phi) is 4.83.